The van der Waals surface area contributed by atoms with Crippen LogP contribution in [0.15, 0.2) is 24.3 Å². The molecule has 4 heteroatoms. The van der Waals surface area contributed by atoms with E-state index in [0.29, 0.717) is 6.42 Å². The molecule has 19 heavy (non-hydrogen) atoms. The van der Waals surface area contributed by atoms with Crippen LogP contribution in [0.2, 0.25) is 0 Å². The molecule has 0 aliphatic carbocycles. The Labute approximate surface area is 115 Å². The van der Waals surface area contributed by atoms with Gasteiger partial charge in [-0.2, -0.15) is 0 Å². The molecule has 104 valence electrons. The zero-order valence-corrected chi connectivity index (χ0v) is 11.6. The molecule has 2 N–H and O–H groups in total. The van der Waals surface area contributed by atoms with Crippen molar-refractivity contribution in [2.24, 2.45) is 0 Å². The van der Waals surface area contributed by atoms with Crippen molar-refractivity contribution in [1.82, 2.24) is 9.80 Å². The summed E-state index contributed by atoms with van der Waals surface area (Å²) >= 11 is 0. The lowest BCUT2D eigenvalue weighted by molar-refractivity contribution is -0.132. The summed E-state index contributed by atoms with van der Waals surface area (Å²) in [4.78, 5) is 16.3. The van der Waals surface area contributed by atoms with Crippen molar-refractivity contribution in [3.63, 3.8) is 0 Å². The first-order chi connectivity index (χ1) is 9.15. The monoisotopic (exact) mass is 261 g/mol. The quantitative estimate of drug-likeness (QED) is 0.833. The Morgan fingerprint density at radius 3 is 2.68 bits per heavy atom. The highest BCUT2D eigenvalue weighted by molar-refractivity contribution is 5.76. The first kappa shape index (κ1) is 13.9. The summed E-state index contributed by atoms with van der Waals surface area (Å²) in [7, 11) is 2.10. The topological polar surface area (TPSA) is 49.6 Å². The third-order valence-corrected chi connectivity index (χ3v) is 3.66. The van der Waals surface area contributed by atoms with Gasteiger partial charge in [0.05, 0.1) is 0 Å². The first-order valence-electron chi connectivity index (χ1n) is 6.96. The molecule has 1 aromatic carbocycles. The number of hydrogen-bond donors (Lipinski definition) is 1. The molecule has 0 unspecified atom stereocenters. The molecule has 0 spiro atoms. The van der Waals surface area contributed by atoms with Gasteiger partial charge < -0.3 is 15.5 Å². The summed E-state index contributed by atoms with van der Waals surface area (Å²) in [6.07, 6.45) is 2.46. The molecule has 0 aromatic heterocycles. The molecule has 0 radical (unpaired) electrons. The predicted octanol–water partition coefficient (Wildman–Crippen LogP) is 1.37. The van der Waals surface area contributed by atoms with E-state index < -0.39 is 0 Å². The summed E-state index contributed by atoms with van der Waals surface area (Å²) in [5.41, 5.74) is 7.75. The fourth-order valence-electron chi connectivity index (χ4n) is 2.41. The molecule has 1 aliphatic rings. The van der Waals surface area contributed by atoms with E-state index in [0.717, 1.165) is 44.7 Å². The van der Waals surface area contributed by atoms with E-state index >= 15 is 0 Å². The SMILES string of the molecule is CN1CCN(C(=O)CCCc2cccc(N)c2)CC1. The second-order valence-corrected chi connectivity index (χ2v) is 5.28. The molecule has 1 aliphatic heterocycles. The molecule has 1 aromatic rings. The maximum absolute atomic E-state index is 12.0. The number of benzene rings is 1. The van der Waals surface area contributed by atoms with Crippen LogP contribution in [0.4, 0.5) is 5.69 Å². The molecule has 1 amide bonds. The summed E-state index contributed by atoms with van der Waals surface area (Å²) in [6.45, 7) is 3.71. The summed E-state index contributed by atoms with van der Waals surface area (Å²) in [6, 6.07) is 7.91. The molecule has 2 rings (SSSR count). The number of anilines is 1. The van der Waals surface area contributed by atoms with Gasteiger partial charge in [0.2, 0.25) is 5.91 Å². The average Bonchev–Trinajstić information content (AvgIpc) is 2.39. The molecular formula is C15H23N3O. The molecule has 1 saturated heterocycles. The maximum Gasteiger partial charge on any atom is 0.222 e. The Morgan fingerprint density at radius 2 is 2.00 bits per heavy atom. The van der Waals surface area contributed by atoms with Crippen molar-refractivity contribution >= 4 is 11.6 Å². The number of nitrogens with two attached hydrogens (primary N) is 1. The molecule has 0 saturated carbocycles. The smallest absolute Gasteiger partial charge is 0.222 e. The molecule has 0 atom stereocenters. The fraction of sp³-hybridized carbons (Fsp3) is 0.533. The molecule has 1 fully saturated rings. The second-order valence-electron chi connectivity index (χ2n) is 5.28. The van der Waals surface area contributed by atoms with Crippen molar-refractivity contribution in [1.29, 1.82) is 0 Å². The van der Waals surface area contributed by atoms with Crippen LogP contribution in [0.25, 0.3) is 0 Å². The summed E-state index contributed by atoms with van der Waals surface area (Å²) in [5.74, 6) is 0.289. The molecule has 4 nitrogen and oxygen atoms in total. The van der Waals surface area contributed by atoms with E-state index in [1.807, 2.05) is 23.1 Å². The zero-order valence-electron chi connectivity index (χ0n) is 11.6. The van der Waals surface area contributed by atoms with Crippen LogP contribution in [0.1, 0.15) is 18.4 Å². The number of aryl methyl sites for hydroxylation is 1. The first-order valence-corrected chi connectivity index (χ1v) is 6.96. The van der Waals surface area contributed by atoms with Gasteiger partial charge in [-0.25, -0.2) is 0 Å². The number of nitrogens with zero attached hydrogens (tertiary/aromatic N) is 2. The van der Waals surface area contributed by atoms with Crippen molar-refractivity contribution in [2.75, 3.05) is 39.0 Å². The maximum atomic E-state index is 12.0. The van der Waals surface area contributed by atoms with Crippen LogP contribution < -0.4 is 5.73 Å². The van der Waals surface area contributed by atoms with E-state index in [2.05, 4.69) is 18.0 Å². The fourth-order valence-corrected chi connectivity index (χ4v) is 2.41. The molecule has 0 bridgehead atoms. The van der Waals surface area contributed by atoms with Crippen molar-refractivity contribution in [3.8, 4) is 0 Å². The van der Waals surface area contributed by atoms with E-state index in [9.17, 15) is 4.79 Å². The lowest BCUT2D eigenvalue weighted by Crippen LogP contribution is -2.47. The van der Waals surface area contributed by atoms with Gasteiger partial charge in [0.25, 0.3) is 0 Å². The Kier molecular flexibility index (Phi) is 4.80. The Balaban J connectivity index is 1.72. The van der Waals surface area contributed by atoms with Gasteiger partial charge in [-0.1, -0.05) is 12.1 Å². The highest BCUT2D eigenvalue weighted by Gasteiger charge is 2.18. The minimum atomic E-state index is 0.289. The van der Waals surface area contributed by atoms with Crippen molar-refractivity contribution < 1.29 is 4.79 Å². The predicted molar refractivity (Wildman–Crippen MR) is 77.9 cm³/mol. The summed E-state index contributed by atoms with van der Waals surface area (Å²) < 4.78 is 0. The second kappa shape index (κ2) is 6.57. The Bertz CT molecular complexity index is 425. The Hall–Kier alpha value is -1.55. The minimum Gasteiger partial charge on any atom is -0.399 e. The number of likely N-dealkylation sites (N-methyl/N-ethyl adjacent to an activating group) is 1. The van der Waals surface area contributed by atoms with E-state index in [4.69, 9.17) is 5.73 Å². The largest absolute Gasteiger partial charge is 0.399 e. The molecular weight excluding hydrogens is 238 g/mol. The highest BCUT2D eigenvalue weighted by Crippen LogP contribution is 2.11. The minimum absolute atomic E-state index is 0.289. The van der Waals surface area contributed by atoms with Crippen molar-refractivity contribution in [2.45, 2.75) is 19.3 Å². The Morgan fingerprint density at radius 1 is 1.26 bits per heavy atom. The van der Waals surface area contributed by atoms with Crippen LogP contribution in [0.3, 0.4) is 0 Å². The number of rotatable bonds is 4. The summed E-state index contributed by atoms with van der Waals surface area (Å²) in [5, 5.41) is 0. The lowest BCUT2D eigenvalue weighted by atomic mass is 10.1. The number of nitrogen functional groups attached to an aromatic ring is 1. The highest BCUT2D eigenvalue weighted by atomic mass is 16.2. The van der Waals surface area contributed by atoms with Crippen LogP contribution in [0, 0.1) is 0 Å². The lowest BCUT2D eigenvalue weighted by Gasteiger charge is -2.32. The van der Waals surface area contributed by atoms with Gasteiger partial charge in [-0.15, -0.1) is 0 Å². The number of carbonyl (C=O) groups excluding carboxylic acids is 1. The number of amides is 1. The number of piperazine rings is 1. The van der Waals surface area contributed by atoms with Gasteiger partial charge in [0.15, 0.2) is 0 Å². The van der Waals surface area contributed by atoms with Crippen LogP contribution in [-0.2, 0) is 11.2 Å². The van der Waals surface area contributed by atoms with Crippen LogP contribution in [0.5, 0.6) is 0 Å². The van der Waals surface area contributed by atoms with E-state index in [1.54, 1.807) is 0 Å². The van der Waals surface area contributed by atoms with Gasteiger partial charge in [-0.05, 0) is 37.6 Å². The average molecular weight is 261 g/mol. The third-order valence-electron chi connectivity index (χ3n) is 3.66. The third kappa shape index (κ3) is 4.24. The molecule has 1 heterocycles. The van der Waals surface area contributed by atoms with Gasteiger partial charge >= 0.3 is 0 Å². The zero-order chi connectivity index (χ0) is 13.7. The van der Waals surface area contributed by atoms with Gasteiger partial charge in [-0.3, -0.25) is 4.79 Å². The van der Waals surface area contributed by atoms with E-state index in [-0.39, 0.29) is 5.91 Å². The standard InChI is InChI=1S/C15H23N3O/c1-17-8-10-18(11-9-17)15(19)7-3-5-13-4-2-6-14(16)12-13/h2,4,6,12H,3,5,7-11,16H2,1H3. The number of carbonyl (C=O) groups is 1. The normalized spacial score (nSPS) is 16.6. The van der Waals surface area contributed by atoms with Crippen molar-refractivity contribution in [3.05, 3.63) is 29.8 Å². The van der Waals surface area contributed by atoms with Crippen LogP contribution in [-0.4, -0.2) is 48.9 Å². The van der Waals surface area contributed by atoms with E-state index in [1.165, 1.54) is 5.56 Å². The number of hydrogen-bond acceptors (Lipinski definition) is 3. The van der Waals surface area contributed by atoms with Gasteiger partial charge in [0, 0.05) is 38.3 Å². The van der Waals surface area contributed by atoms with Crippen LogP contribution >= 0.6 is 0 Å². The van der Waals surface area contributed by atoms with Gasteiger partial charge in [0.1, 0.15) is 0 Å².